The first-order valence-electron chi connectivity index (χ1n) is 10.6. The minimum atomic E-state index is -0.282. The lowest BCUT2D eigenvalue weighted by molar-refractivity contribution is -0.128. The molecule has 31 heavy (non-hydrogen) atoms. The summed E-state index contributed by atoms with van der Waals surface area (Å²) in [4.78, 5) is 28.9. The van der Waals surface area contributed by atoms with Crippen LogP contribution in [0.25, 0.3) is 17.7 Å². The molecule has 0 bridgehead atoms. The number of nitrogens with zero attached hydrogens (tertiary/aromatic N) is 1. The minimum Gasteiger partial charge on any atom is -0.339 e. The first-order chi connectivity index (χ1) is 15.1. The van der Waals surface area contributed by atoms with E-state index in [1.54, 1.807) is 11.0 Å². The maximum atomic E-state index is 13.8. The van der Waals surface area contributed by atoms with Crippen molar-refractivity contribution in [3.8, 4) is 0 Å². The highest BCUT2D eigenvalue weighted by Gasteiger charge is 2.26. The third kappa shape index (κ3) is 5.67. The molecule has 0 saturated carbocycles. The number of amides is 1. The smallest absolute Gasteiger partial charge is 0.257 e. The standard InChI is InChI=1S/C28H27NO2/c1-3-29(4-2)28(31)26(21-23-16-10-6-11-17-23)27(30)25(24-18-12-7-13-19-24)20-22-14-8-5-9-15-22/h5-21H,3-4H2,1-2H3/b25-20+,26-21-. The van der Waals surface area contributed by atoms with Crippen molar-refractivity contribution in [2.24, 2.45) is 0 Å². The van der Waals surface area contributed by atoms with Crippen LogP contribution in [-0.2, 0) is 9.59 Å². The average Bonchev–Trinajstić information content (AvgIpc) is 2.83. The first-order valence-corrected chi connectivity index (χ1v) is 10.6. The molecule has 0 N–H and O–H groups in total. The van der Waals surface area contributed by atoms with Crippen molar-refractivity contribution in [3.05, 3.63) is 113 Å². The summed E-state index contributed by atoms with van der Waals surface area (Å²) < 4.78 is 0. The van der Waals surface area contributed by atoms with Gasteiger partial charge in [0.25, 0.3) is 5.91 Å². The van der Waals surface area contributed by atoms with Gasteiger partial charge >= 0.3 is 0 Å². The van der Waals surface area contributed by atoms with E-state index in [4.69, 9.17) is 0 Å². The van der Waals surface area contributed by atoms with E-state index < -0.39 is 0 Å². The van der Waals surface area contributed by atoms with Crippen LogP contribution in [0.2, 0.25) is 0 Å². The number of carbonyl (C=O) groups excluding carboxylic acids is 2. The Labute approximate surface area is 184 Å². The Morgan fingerprint density at radius 3 is 1.61 bits per heavy atom. The maximum Gasteiger partial charge on any atom is 0.257 e. The number of carbonyl (C=O) groups is 2. The molecule has 0 unspecified atom stereocenters. The van der Waals surface area contributed by atoms with Crippen molar-refractivity contribution in [3.63, 3.8) is 0 Å². The number of ketones is 1. The van der Waals surface area contributed by atoms with Crippen LogP contribution in [0, 0.1) is 0 Å². The Balaban J connectivity index is 2.15. The van der Waals surface area contributed by atoms with Gasteiger partial charge in [0.15, 0.2) is 5.78 Å². The summed E-state index contributed by atoms with van der Waals surface area (Å²) in [6.45, 7) is 4.92. The van der Waals surface area contributed by atoms with Crippen molar-refractivity contribution in [2.75, 3.05) is 13.1 Å². The predicted octanol–water partition coefficient (Wildman–Crippen LogP) is 5.75. The van der Waals surface area contributed by atoms with Crippen LogP contribution in [-0.4, -0.2) is 29.7 Å². The van der Waals surface area contributed by atoms with Crippen LogP contribution < -0.4 is 0 Å². The van der Waals surface area contributed by atoms with Crippen LogP contribution in [0.4, 0.5) is 0 Å². The SMILES string of the molecule is CCN(CC)C(=O)/C(=C\c1ccccc1)C(=O)/C(=C/c1ccccc1)c1ccccc1. The second kappa shape index (κ2) is 10.9. The van der Waals surface area contributed by atoms with Gasteiger partial charge in [-0.3, -0.25) is 9.59 Å². The molecule has 3 aromatic carbocycles. The van der Waals surface area contributed by atoms with E-state index in [2.05, 4.69) is 0 Å². The lowest BCUT2D eigenvalue weighted by Crippen LogP contribution is -2.34. The van der Waals surface area contributed by atoms with Crippen molar-refractivity contribution >= 4 is 29.4 Å². The van der Waals surface area contributed by atoms with Gasteiger partial charge in [0, 0.05) is 18.7 Å². The van der Waals surface area contributed by atoms with Gasteiger partial charge in [-0.05, 0) is 42.7 Å². The minimum absolute atomic E-state index is 0.168. The molecule has 1 amide bonds. The van der Waals surface area contributed by atoms with Gasteiger partial charge in [-0.1, -0.05) is 91.0 Å². The zero-order valence-corrected chi connectivity index (χ0v) is 18.0. The Bertz CT molecular complexity index is 1060. The second-order valence-corrected chi connectivity index (χ2v) is 7.11. The van der Waals surface area contributed by atoms with Crippen LogP contribution >= 0.6 is 0 Å². The van der Waals surface area contributed by atoms with Crippen molar-refractivity contribution in [1.29, 1.82) is 0 Å². The molecular formula is C28H27NO2. The van der Waals surface area contributed by atoms with E-state index in [1.807, 2.05) is 111 Å². The summed E-state index contributed by atoms with van der Waals surface area (Å²) in [5, 5.41) is 0. The van der Waals surface area contributed by atoms with Gasteiger partial charge in [0.1, 0.15) is 0 Å². The van der Waals surface area contributed by atoms with E-state index in [0.717, 1.165) is 16.7 Å². The third-order valence-corrected chi connectivity index (χ3v) is 5.08. The topological polar surface area (TPSA) is 37.4 Å². The largest absolute Gasteiger partial charge is 0.339 e. The van der Waals surface area contributed by atoms with Gasteiger partial charge in [-0.15, -0.1) is 0 Å². The summed E-state index contributed by atoms with van der Waals surface area (Å²) in [6, 6.07) is 28.7. The fraction of sp³-hybridized carbons (Fsp3) is 0.143. The molecule has 3 heteroatoms. The number of benzene rings is 3. The molecule has 3 nitrogen and oxygen atoms in total. The van der Waals surface area contributed by atoms with E-state index in [9.17, 15) is 9.59 Å². The molecule has 0 aliphatic rings. The van der Waals surface area contributed by atoms with Crippen molar-refractivity contribution in [1.82, 2.24) is 4.90 Å². The molecule has 156 valence electrons. The molecule has 3 rings (SSSR count). The summed E-state index contributed by atoms with van der Waals surface area (Å²) in [5.74, 6) is -0.537. The van der Waals surface area contributed by atoms with E-state index in [1.165, 1.54) is 0 Å². The quantitative estimate of drug-likeness (QED) is 0.206. The Morgan fingerprint density at radius 2 is 1.13 bits per heavy atom. The Kier molecular flexibility index (Phi) is 7.72. The molecule has 0 aromatic heterocycles. The van der Waals surface area contributed by atoms with E-state index in [-0.39, 0.29) is 17.3 Å². The first kappa shape index (κ1) is 22.0. The average molecular weight is 410 g/mol. The molecule has 0 aliphatic carbocycles. The predicted molar refractivity (Wildman–Crippen MR) is 128 cm³/mol. The molecule has 0 radical (unpaired) electrons. The van der Waals surface area contributed by atoms with Gasteiger partial charge in [-0.2, -0.15) is 0 Å². The highest BCUT2D eigenvalue weighted by molar-refractivity contribution is 6.41. The monoisotopic (exact) mass is 409 g/mol. The van der Waals surface area contributed by atoms with Gasteiger partial charge in [0.05, 0.1) is 5.57 Å². The third-order valence-electron chi connectivity index (χ3n) is 5.08. The van der Waals surface area contributed by atoms with Crippen LogP contribution in [0.3, 0.4) is 0 Å². The van der Waals surface area contributed by atoms with Crippen LogP contribution in [0.5, 0.6) is 0 Å². The highest BCUT2D eigenvalue weighted by atomic mass is 16.2. The van der Waals surface area contributed by atoms with Crippen LogP contribution in [0.15, 0.2) is 96.6 Å². The number of likely N-dealkylation sites (N-methyl/N-ethyl adjacent to an activating group) is 1. The maximum absolute atomic E-state index is 13.8. The molecule has 0 fully saturated rings. The Morgan fingerprint density at radius 1 is 0.677 bits per heavy atom. The normalized spacial score (nSPS) is 11.8. The number of hydrogen-bond donors (Lipinski definition) is 0. The summed E-state index contributed by atoms with van der Waals surface area (Å²) in [6.07, 6.45) is 3.55. The van der Waals surface area contributed by atoms with Crippen molar-refractivity contribution < 1.29 is 9.59 Å². The zero-order chi connectivity index (χ0) is 22.1. The summed E-state index contributed by atoms with van der Waals surface area (Å²) >= 11 is 0. The molecular weight excluding hydrogens is 382 g/mol. The molecule has 0 saturated heterocycles. The number of rotatable bonds is 8. The fourth-order valence-electron chi connectivity index (χ4n) is 3.38. The van der Waals surface area contributed by atoms with Gasteiger partial charge in [-0.25, -0.2) is 0 Å². The lowest BCUT2D eigenvalue weighted by Gasteiger charge is -2.21. The summed E-state index contributed by atoms with van der Waals surface area (Å²) in [7, 11) is 0. The van der Waals surface area contributed by atoms with E-state index >= 15 is 0 Å². The number of Topliss-reactive ketones (excluding diaryl/α,β-unsaturated/α-hetero) is 1. The van der Waals surface area contributed by atoms with Gasteiger partial charge < -0.3 is 4.90 Å². The number of allylic oxidation sites excluding steroid dienone is 1. The van der Waals surface area contributed by atoms with Crippen molar-refractivity contribution in [2.45, 2.75) is 13.8 Å². The molecule has 0 spiro atoms. The second-order valence-electron chi connectivity index (χ2n) is 7.11. The summed E-state index contributed by atoms with van der Waals surface area (Å²) in [5.41, 5.74) is 3.17. The van der Waals surface area contributed by atoms with Crippen LogP contribution in [0.1, 0.15) is 30.5 Å². The Hall–Kier alpha value is -3.72. The van der Waals surface area contributed by atoms with Gasteiger partial charge in [0.2, 0.25) is 0 Å². The fourth-order valence-corrected chi connectivity index (χ4v) is 3.38. The molecule has 0 heterocycles. The molecule has 0 aliphatic heterocycles. The zero-order valence-electron chi connectivity index (χ0n) is 18.0. The molecule has 3 aromatic rings. The highest BCUT2D eigenvalue weighted by Crippen LogP contribution is 2.25. The lowest BCUT2D eigenvalue weighted by atomic mass is 9.92. The number of hydrogen-bond acceptors (Lipinski definition) is 2. The molecule has 0 atom stereocenters. The van der Waals surface area contributed by atoms with E-state index in [0.29, 0.717) is 18.7 Å².